The molecule has 0 aliphatic rings. The summed E-state index contributed by atoms with van der Waals surface area (Å²) in [6.45, 7) is 0. The van der Waals surface area contributed by atoms with Gasteiger partial charge in [-0.25, -0.2) is 9.48 Å². The van der Waals surface area contributed by atoms with Gasteiger partial charge in [-0.05, 0) is 12.1 Å². The van der Waals surface area contributed by atoms with Crippen molar-refractivity contribution in [3.63, 3.8) is 0 Å². The van der Waals surface area contributed by atoms with Gasteiger partial charge in [-0.1, -0.05) is 0 Å². The van der Waals surface area contributed by atoms with Crippen LogP contribution in [0.3, 0.4) is 0 Å². The Morgan fingerprint density at radius 2 is 2.00 bits per heavy atom. The number of nitrogens with zero attached hydrogens (tertiary/aromatic N) is 4. The summed E-state index contributed by atoms with van der Waals surface area (Å²) in [7, 11) is 0. The van der Waals surface area contributed by atoms with Gasteiger partial charge in [-0.15, -0.1) is 10.2 Å². The molecule has 0 fully saturated rings. The highest BCUT2D eigenvalue weighted by atomic mass is 19.4. The van der Waals surface area contributed by atoms with E-state index in [4.69, 9.17) is 10.8 Å². The number of nitrogen functional groups attached to an aromatic ring is 1. The van der Waals surface area contributed by atoms with Gasteiger partial charge in [0, 0.05) is 0 Å². The lowest BCUT2D eigenvalue weighted by atomic mass is 10.4. The molecule has 2 aromatic heterocycles. The van der Waals surface area contributed by atoms with Crippen LogP contribution in [0.15, 0.2) is 18.3 Å². The Morgan fingerprint density at radius 3 is 2.42 bits per heavy atom. The number of carboxylic acids is 1. The lowest BCUT2D eigenvalue weighted by Gasteiger charge is -2.04. The summed E-state index contributed by atoms with van der Waals surface area (Å²) in [4.78, 5) is 10.7. The fraction of sp³-hybridized carbons (Fsp3) is 0.111. The Kier molecular flexibility index (Phi) is 2.85. The SMILES string of the molecule is Nc1cn(-c2ccc(C(F)(F)F)nn2)nc1C(=O)O. The highest BCUT2D eigenvalue weighted by Gasteiger charge is 2.33. The van der Waals surface area contributed by atoms with Crippen LogP contribution in [-0.4, -0.2) is 31.1 Å². The summed E-state index contributed by atoms with van der Waals surface area (Å²) in [6, 6.07) is 1.72. The number of hydrogen-bond acceptors (Lipinski definition) is 5. The topological polar surface area (TPSA) is 107 Å². The van der Waals surface area contributed by atoms with E-state index < -0.39 is 23.5 Å². The molecule has 2 rings (SSSR count). The van der Waals surface area contributed by atoms with Crippen LogP contribution in [0, 0.1) is 0 Å². The minimum atomic E-state index is -4.60. The molecule has 0 saturated heterocycles. The minimum Gasteiger partial charge on any atom is -0.476 e. The van der Waals surface area contributed by atoms with E-state index in [1.807, 2.05) is 0 Å². The zero-order valence-corrected chi connectivity index (χ0v) is 9.09. The second kappa shape index (κ2) is 4.23. The summed E-state index contributed by atoms with van der Waals surface area (Å²) in [6.07, 6.45) is -3.47. The third-order valence-electron chi connectivity index (χ3n) is 2.12. The number of carbonyl (C=O) groups is 1. The van der Waals surface area contributed by atoms with Gasteiger partial charge < -0.3 is 10.8 Å². The molecule has 0 radical (unpaired) electrons. The van der Waals surface area contributed by atoms with Gasteiger partial charge in [-0.2, -0.15) is 18.3 Å². The highest BCUT2D eigenvalue weighted by Crippen LogP contribution is 2.27. The normalized spacial score (nSPS) is 11.5. The van der Waals surface area contributed by atoms with Crippen molar-refractivity contribution in [2.24, 2.45) is 0 Å². The first-order chi connectivity index (χ1) is 8.79. The molecule has 0 aromatic carbocycles. The van der Waals surface area contributed by atoms with E-state index in [2.05, 4.69) is 15.3 Å². The molecule has 0 aliphatic heterocycles. The standard InChI is InChI=1S/C9H6F3N5O2/c10-9(11,12)5-1-2-6(15-14-5)17-3-4(13)7(16-17)8(18)19/h1-3H,13H2,(H,18,19). The first kappa shape index (κ1) is 12.8. The van der Waals surface area contributed by atoms with Crippen molar-refractivity contribution in [3.05, 3.63) is 29.7 Å². The van der Waals surface area contributed by atoms with Crippen molar-refractivity contribution in [1.29, 1.82) is 0 Å². The number of rotatable bonds is 2. The van der Waals surface area contributed by atoms with E-state index in [0.717, 1.165) is 16.9 Å². The molecule has 0 amide bonds. The van der Waals surface area contributed by atoms with Crippen LogP contribution in [0.2, 0.25) is 0 Å². The number of halogens is 3. The van der Waals surface area contributed by atoms with Gasteiger partial charge in [0.15, 0.2) is 17.2 Å². The molecule has 0 unspecified atom stereocenters. The first-order valence-corrected chi connectivity index (χ1v) is 4.79. The maximum absolute atomic E-state index is 12.3. The van der Waals surface area contributed by atoms with E-state index in [-0.39, 0.29) is 11.5 Å². The molecule has 2 aromatic rings. The molecule has 3 N–H and O–H groups in total. The number of hydrogen-bond donors (Lipinski definition) is 2. The maximum Gasteiger partial charge on any atom is 0.435 e. The number of anilines is 1. The van der Waals surface area contributed by atoms with Gasteiger partial charge in [-0.3, -0.25) is 0 Å². The van der Waals surface area contributed by atoms with E-state index in [1.54, 1.807) is 0 Å². The Balaban J connectivity index is 2.38. The van der Waals surface area contributed by atoms with Crippen molar-refractivity contribution < 1.29 is 23.1 Å². The molecule has 19 heavy (non-hydrogen) atoms. The van der Waals surface area contributed by atoms with Crippen molar-refractivity contribution in [2.45, 2.75) is 6.18 Å². The first-order valence-electron chi connectivity index (χ1n) is 4.79. The monoisotopic (exact) mass is 273 g/mol. The Labute approximate surface area is 103 Å². The predicted molar refractivity (Wildman–Crippen MR) is 55.5 cm³/mol. The third-order valence-corrected chi connectivity index (χ3v) is 2.12. The zero-order valence-electron chi connectivity index (χ0n) is 9.09. The summed E-state index contributed by atoms with van der Waals surface area (Å²) in [5.41, 5.74) is 3.68. The van der Waals surface area contributed by atoms with Gasteiger partial charge in [0.05, 0.1) is 11.9 Å². The van der Waals surface area contributed by atoms with Crippen molar-refractivity contribution in [1.82, 2.24) is 20.0 Å². The molecule has 100 valence electrons. The van der Waals surface area contributed by atoms with Crippen molar-refractivity contribution in [3.8, 4) is 5.82 Å². The fourth-order valence-corrected chi connectivity index (χ4v) is 1.27. The lowest BCUT2D eigenvalue weighted by Crippen LogP contribution is -2.11. The second-order valence-electron chi connectivity index (χ2n) is 3.46. The molecule has 0 aliphatic carbocycles. The molecule has 7 nitrogen and oxygen atoms in total. The van der Waals surface area contributed by atoms with Crippen LogP contribution >= 0.6 is 0 Å². The molecule has 0 saturated carbocycles. The quantitative estimate of drug-likeness (QED) is 0.843. The second-order valence-corrected chi connectivity index (χ2v) is 3.46. The summed E-state index contributed by atoms with van der Waals surface area (Å²) in [5.74, 6) is -1.43. The highest BCUT2D eigenvalue weighted by molar-refractivity contribution is 5.91. The van der Waals surface area contributed by atoms with Crippen LogP contribution in [0.25, 0.3) is 5.82 Å². The largest absolute Gasteiger partial charge is 0.476 e. The number of aromatic nitrogens is 4. The van der Waals surface area contributed by atoms with Crippen LogP contribution in [-0.2, 0) is 6.18 Å². The molecular formula is C9H6F3N5O2. The molecule has 0 bridgehead atoms. The molecular weight excluding hydrogens is 267 g/mol. The molecule has 0 spiro atoms. The van der Waals surface area contributed by atoms with E-state index in [0.29, 0.717) is 6.07 Å². The van der Waals surface area contributed by atoms with Gasteiger partial charge in [0.25, 0.3) is 0 Å². The van der Waals surface area contributed by atoms with E-state index in [1.165, 1.54) is 0 Å². The average Bonchev–Trinajstić information content (AvgIpc) is 2.70. The summed E-state index contributed by atoms with van der Waals surface area (Å²) >= 11 is 0. The van der Waals surface area contributed by atoms with Crippen LogP contribution in [0.5, 0.6) is 0 Å². The zero-order chi connectivity index (χ0) is 14.2. The van der Waals surface area contributed by atoms with Crippen LogP contribution < -0.4 is 5.73 Å². The minimum absolute atomic E-state index is 0.0767. The van der Waals surface area contributed by atoms with Crippen LogP contribution in [0.4, 0.5) is 18.9 Å². The van der Waals surface area contributed by atoms with E-state index >= 15 is 0 Å². The van der Waals surface area contributed by atoms with Gasteiger partial charge in [0.1, 0.15) is 0 Å². The van der Waals surface area contributed by atoms with Crippen LogP contribution in [0.1, 0.15) is 16.2 Å². The molecule has 10 heteroatoms. The molecule has 2 heterocycles. The van der Waals surface area contributed by atoms with Gasteiger partial charge in [0.2, 0.25) is 0 Å². The third kappa shape index (κ3) is 2.46. The number of nitrogens with two attached hydrogens (primary N) is 1. The summed E-state index contributed by atoms with van der Waals surface area (Å²) < 4.78 is 37.8. The Bertz CT molecular complexity index is 620. The predicted octanol–water partition coefficient (Wildman–Crippen LogP) is 0.962. The smallest absolute Gasteiger partial charge is 0.435 e. The number of alkyl halides is 3. The Hall–Kier alpha value is -2.65. The van der Waals surface area contributed by atoms with Crippen molar-refractivity contribution >= 4 is 11.7 Å². The number of aromatic carboxylic acids is 1. The summed E-state index contributed by atoms with van der Waals surface area (Å²) in [5, 5.41) is 18.6. The lowest BCUT2D eigenvalue weighted by molar-refractivity contribution is -0.141. The molecule has 0 atom stereocenters. The Morgan fingerprint density at radius 1 is 1.32 bits per heavy atom. The van der Waals surface area contributed by atoms with E-state index in [9.17, 15) is 18.0 Å². The average molecular weight is 273 g/mol. The maximum atomic E-state index is 12.3. The number of carboxylic acid groups (broad SMARTS) is 1. The fourth-order valence-electron chi connectivity index (χ4n) is 1.27. The van der Waals surface area contributed by atoms with Crippen molar-refractivity contribution in [2.75, 3.05) is 5.73 Å². The van der Waals surface area contributed by atoms with Gasteiger partial charge >= 0.3 is 12.1 Å².